The number of nitrogens with zero attached hydrogens (tertiary/aromatic N) is 1. The Morgan fingerprint density at radius 3 is 2.37 bits per heavy atom. The summed E-state index contributed by atoms with van der Waals surface area (Å²) in [5.41, 5.74) is 0.780. The van der Waals surface area contributed by atoms with Gasteiger partial charge in [-0.25, -0.2) is 14.4 Å². The first-order valence-corrected chi connectivity index (χ1v) is 12.4. The number of carbonyl (C=O) groups excluding carboxylic acids is 2. The van der Waals surface area contributed by atoms with Crippen LogP contribution in [0.25, 0.3) is 10.8 Å². The fourth-order valence-corrected chi connectivity index (χ4v) is 4.43. The number of carbonyl (C=O) groups is 3. The molecule has 2 atom stereocenters. The number of esters is 1. The zero-order valence-electron chi connectivity index (χ0n) is 20.5. The van der Waals surface area contributed by atoms with Crippen LogP contribution in [0, 0.1) is 5.92 Å². The van der Waals surface area contributed by atoms with Crippen molar-refractivity contribution in [3.05, 3.63) is 48.0 Å². The molecule has 1 saturated carbocycles. The third-order valence-corrected chi connectivity index (χ3v) is 6.22. The Bertz CT molecular complexity index is 1020. The molecule has 3 N–H and O–H groups in total. The van der Waals surface area contributed by atoms with Gasteiger partial charge in [0.25, 0.3) is 0 Å². The van der Waals surface area contributed by atoms with E-state index in [0.717, 1.165) is 48.4 Å². The molecule has 2 amide bonds. The Balaban J connectivity index is 1.64. The first-order chi connectivity index (χ1) is 16.7. The van der Waals surface area contributed by atoms with Gasteiger partial charge in [-0.3, -0.25) is 0 Å². The van der Waals surface area contributed by atoms with Gasteiger partial charge in [0.05, 0.1) is 6.54 Å². The molecule has 0 bridgehead atoms. The summed E-state index contributed by atoms with van der Waals surface area (Å²) in [6.07, 6.45) is 3.07. The number of urea groups is 1. The third kappa shape index (κ3) is 7.96. The maximum absolute atomic E-state index is 13.0. The fourth-order valence-electron chi connectivity index (χ4n) is 4.43. The van der Waals surface area contributed by atoms with Gasteiger partial charge in [-0.15, -0.1) is 0 Å². The number of aliphatic carboxylic acids is 1. The van der Waals surface area contributed by atoms with Gasteiger partial charge >= 0.3 is 18.0 Å². The minimum absolute atomic E-state index is 0.0473. The van der Waals surface area contributed by atoms with E-state index < -0.39 is 30.1 Å². The molecule has 35 heavy (non-hydrogen) atoms. The van der Waals surface area contributed by atoms with Gasteiger partial charge in [-0.05, 0) is 47.9 Å². The molecule has 1 aliphatic rings. The minimum atomic E-state index is -1.50. The lowest BCUT2D eigenvalue weighted by molar-refractivity contribution is -0.161. The Morgan fingerprint density at radius 1 is 1.03 bits per heavy atom. The number of nitrogens with one attached hydrogen (secondary N) is 1. The highest BCUT2D eigenvalue weighted by Crippen LogP contribution is 2.21. The number of carboxylic acids is 1. The van der Waals surface area contributed by atoms with Crippen LogP contribution in [0.3, 0.4) is 0 Å². The molecule has 0 saturated heterocycles. The Labute approximate surface area is 206 Å². The summed E-state index contributed by atoms with van der Waals surface area (Å²) in [7, 11) is 0. The van der Waals surface area contributed by atoms with Crippen molar-refractivity contribution >= 4 is 28.7 Å². The summed E-state index contributed by atoms with van der Waals surface area (Å²) in [6, 6.07) is 11.7. The van der Waals surface area contributed by atoms with Gasteiger partial charge in [0.15, 0.2) is 6.10 Å². The van der Waals surface area contributed by atoms with Crippen molar-refractivity contribution < 1.29 is 29.3 Å². The normalized spacial score (nSPS) is 16.0. The van der Waals surface area contributed by atoms with Crippen molar-refractivity contribution in [3.63, 3.8) is 0 Å². The zero-order chi connectivity index (χ0) is 25.4. The van der Waals surface area contributed by atoms with E-state index >= 15 is 0 Å². The van der Waals surface area contributed by atoms with E-state index in [9.17, 15) is 24.6 Å². The van der Waals surface area contributed by atoms with Crippen LogP contribution in [0.1, 0.15) is 51.5 Å². The summed E-state index contributed by atoms with van der Waals surface area (Å²) in [6.45, 7) is 3.79. The lowest BCUT2D eigenvalue weighted by Gasteiger charge is -2.29. The van der Waals surface area contributed by atoms with E-state index in [1.165, 1.54) is 4.90 Å². The smallest absolute Gasteiger partial charge is 0.337 e. The summed E-state index contributed by atoms with van der Waals surface area (Å²) in [5, 5.41) is 24.8. The predicted molar refractivity (Wildman–Crippen MR) is 133 cm³/mol. The summed E-state index contributed by atoms with van der Waals surface area (Å²) >= 11 is 0. The molecule has 2 aromatic rings. The number of rotatable bonds is 10. The number of hydrogen-bond acceptors (Lipinski definition) is 5. The number of aliphatic hydroxyl groups is 1. The second-order valence-corrected chi connectivity index (χ2v) is 9.74. The Morgan fingerprint density at radius 2 is 1.71 bits per heavy atom. The number of ether oxygens (including phenoxy) is 1. The van der Waals surface area contributed by atoms with E-state index in [-0.39, 0.29) is 31.5 Å². The van der Waals surface area contributed by atoms with Crippen LogP contribution >= 0.6 is 0 Å². The van der Waals surface area contributed by atoms with Gasteiger partial charge in [-0.1, -0.05) is 62.7 Å². The molecule has 0 aromatic heterocycles. The van der Waals surface area contributed by atoms with Gasteiger partial charge in [0, 0.05) is 13.0 Å². The van der Waals surface area contributed by atoms with Crippen LogP contribution in [0.15, 0.2) is 42.5 Å². The van der Waals surface area contributed by atoms with Gasteiger partial charge < -0.3 is 25.2 Å². The van der Waals surface area contributed by atoms with Crippen molar-refractivity contribution in [1.82, 2.24) is 10.2 Å². The van der Waals surface area contributed by atoms with Crippen molar-refractivity contribution in [1.29, 1.82) is 0 Å². The van der Waals surface area contributed by atoms with E-state index in [2.05, 4.69) is 5.32 Å². The van der Waals surface area contributed by atoms with Gasteiger partial charge in [0.1, 0.15) is 12.1 Å². The predicted octanol–water partition coefficient (Wildman–Crippen LogP) is 3.74. The molecule has 8 nitrogen and oxygen atoms in total. The van der Waals surface area contributed by atoms with Crippen molar-refractivity contribution in [2.45, 2.75) is 70.6 Å². The zero-order valence-corrected chi connectivity index (χ0v) is 20.5. The molecular weight excluding hydrogens is 448 g/mol. The second-order valence-electron chi connectivity index (χ2n) is 9.74. The number of carboxylic acid groups (broad SMARTS) is 1. The third-order valence-electron chi connectivity index (χ3n) is 6.22. The molecule has 190 valence electrons. The van der Waals surface area contributed by atoms with Gasteiger partial charge in [0.2, 0.25) is 0 Å². The average Bonchev–Trinajstić information content (AvgIpc) is 2.83. The average molecular weight is 485 g/mol. The summed E-state index contributed by atoms with van der Waals surface area (Å²) < 4.78 is 5.43. The Hall–Kier alpha value is -3.13. The lowest BCUT2D eigenvalue weighted by atomic mass is 9.98. The molecule has 0 spiro atoms. The topological polar surface area (TPSA) is 116 Å². The van der Waals surface area contributed by atoms with E-state index in [1.807, 2.05) is 56.3 Å². The van der Waals surface area contributed by atoms with Crippen LogP contribution in [-0.4, -0.2) is 64.4 Å². The number of fused-ring (bicyclic) bond motifs is 1. The van der Waals surface area contributed by atoms with Crippen LogP contribution in [0.5, 0.6) is 0 Å². The summed E-state index contributed by atoms with van der Waals surface area (Å²) in [5.74, 6) is -1.86. The maximum atomic E-state index is 13.0. The van der Waals surface area contributed by atoms with Crippen molar-refractivity contribution in [2.75, 3.05) is 13.1 Å². The van der Waals surface area contributed by atoms with Crippen molar-refractivity contribution in [2.24, 2.45) is 5.92 Å². The highest BCUT2D eigenvalue weighted by Gasteiger charge is 2.29. The van der Waals surface area contributed by atoms with E-state index in [4.69, 9.17) is 4.74 Å². The molecule has 3 rings (SSSR count). The standard InChI is InChI=1S/C27H36N2O6/c1-18(2)16-29(17-24(30)26(33)35-22-10-4-3-5-11-22)27(34)28-23(25(31)32)15-19-12-13-20-8-6-7-9-21(20)14-19/h6-9,12-14,18,22-24,30H,3-5,10-11,15-17H2,1-2H3,(H,28,34)(H,31,32)/t23-,24-/m0/s1. The number of amides is 2. The molecule has 1 aliphatic carbocycles. The molecule has 0 aliphatic heterocycles. The van der Waals surface area contributed by atoms with E-state index in [0.29, 0.717) is 0 Å². The van der Waals surface area contributed by atoms with Crippen LogP contribution in [0.4, 0.5) is 4.79 Å². The number of hydrogen-bond donors (Lipinski definition) is 3. The quantitative estimate of drug-likeness (QED) is 0.443. The lowest BCUT2D eigenvalue weighted by Crippen LogP contribution is -2.52. The summed E-state index contributed by atoms with van der Waals surface area (Å²) in [4.78, 5) is 38.7. The highest BCUT2D eigenvalue weighted by molar-refractivity contribution is 5.85. The van der Waals surface area contributed by atoms with Crippen LogP contribution in [-0.2, 0) is 20.7 Å². The van der Waals surface area contributed by atoms with Crippen molar-refractivity contribution in [3.8, 4) is 0 Å². The first-order valence-electron chi connectivity index (χ1n) is 12.4. The maximum Gasteiger partial charge on any atom is 0.337 e. The minimum Gasteiger partial charge on any atom is -0.480 e. The Kier molecular flexibility index (Phi) is 9.48. The molecular formula is C27H36N2O6. The highest BCUT2D eigenvalue weighted by atomic mass is 16.6. The van der Waals surface area contributed by atoms with Crippen LogP contribution < -0.4 is 5.32 Å². The fraction of sp³-hybridized carbons (Fsp3) is 0.519. The first kappa shape index (κ1) is 26.5. The largest absolute Gasteiger partial charge is 0.480 e. The van der Waals surface area contributed by atoms with Crippen LogP contribution in [0.2, 0.25) is 0 Å². The monoisotopic (exact) mass is 484 g/mol. The molecule has 0 heterocycles. The SMILES string of the molecule is CC(C)CN(C[C@H](O)C(=O)OC1CCCCC1)C(=O)N[C@@H](Cc1ccc2ccccc2c1)C(=O)O. The number of aliphatic hydroxyl groups excluding tert-OH is 1. The second kappa shape index (κ2) is 12.5. The van der Waals surface area contributed by atoms with E-state index in [1.54, 1.807) is 0 Å². The molecule has 8 heteroatoms. The molecule has 0 unspecified atom stereocenters. The molecule has 1 fully saturated rings. The van der Waals surface area contributed by atoms with Gasteiger partial charge in [-0.2, -0.15) is 0 Å². The molecule has 2 aromatic carbocycles. The molecule has 0 radical (unpaired) electrons. The number of benzene rings is 2.